The van der Waals surface area contributed by atoms with E-state index in [1.54, 1.807) is 0 Å². The summed E-state index contributed by atoms with van der Waals surface area (Å²) in [6.45, 7) is 6.23. The van der Waals surface area contributed by atoms with Crippen molar-refractivity contribution < 1.29 is 5.11 Å². The van der Waals surface area contributed by atoms with Crippen LogP contribution in [0.2, 0.25) is 0 Å². The van der Waals surface area contributed by atoms with Gasteiger partial charge in [0.25, 0.3) is 0 Å². The van der Waals surface area contributed by atoms with Crippen molar-refractivity contribution in [2.45, 2.75) is 13.0 Å². The molecule has 1 aliphatic heterocycles. The molecule has 1 heterocycles. The van der Waals surface area contributed by atoms with E-state index in [0.29, 0.717) is 0 Å². The number of hydrogen-bond acceptors (Lipinski definition) is 3. The maximum Gasteiger partial charge on any atom is 0.0629 e. The molecule has 3 nitrogen and oxygen atoms in total. The van der Waals surface area contributed by atoms with Crippen LogP contribution >= 0.6 is 15.9 Å². The molecule has 1 aliphatic rings. The van der Waals surface area contributed by atoms with Crippen LogP contribution in [0.5, 0.6) is 0 Å². The van der Waals surface area contributed by atoms with Crippen LogP contribution in [0.1, 0.15) is 17.2 Å². The molecule has 0 bridgehead atoms. The molecule has 1 fully saturated rings. The molecule has 0 saturated carbocycles. The summed E-state index contributed by atoms with van der Waals surface area (Å²) in [4.78, 5) is 2.34. The van der Waals surface area contributed by atoms with Gasteiger partial charge in [-0.15, -0.1) is 0 Å². The predicted octanol–water partition coefficient (Wildman–Crippen LogP) is 1.70. The van der Waals surface area contributed by atoms with Gasteiger partial charge in [-0.2, -0.15) is 0 Å². The van der Waals surface area contributed by atoms with Crippen LogP contribution < -0.4 is 5.32 Å². The Balaban J connectivity index is 2.21. The zero-order valence-corrected chi connectivity index (χ0v) is 11.7. The predicted molar refractivity (Wildman–Crippen MR) is 73.1 cm³/mol. The smallest absolute Gasteiger partial charge is 0.0629 e. The molecule has 1 saturated heterocycles. The lowest BCUT2D eigenvalue weighted by atomic mass is 10.0. The summed E-state index contributed by atoms with van der Waals surface area (Å²) >= 11 is 3.60. The summed E-state index contributed by atoms with van der Waals surface area (Å²) in [5, 5.41) is 13.0. The molecule has 0 aromatic heterocycles. The summed E-state index contributed by atoms with van der Waals surface area (Å²) in [5.41, 5.74) is 2.41. The van der Waals surface area contributed by atoms with Crippen LogP contribution in [0, 0.1) is 6.92 Å². The largest absolute Gasteiger partial charge is 0.394 e. The van der Waals surface area contributed by atoms with Crippen LogP contribution in [0.25, 0.3) is 0 Å². The maximum absolute atomic E-state index is 9.64. The number of piperazine rings is 1. The Bertz CT molecular complexity index is 378. The first-order chi connectivity index (χ1) is 8.22. The summed E-state index contributed by atoms with van der Waals surface area (Å²) in [5.74, 6) is 0. The zero-order chi connectivity index (χ0) is 12.3. The third kappa shape index (κ3) is 3.07. The van der Waals surface area contributed by atoms with Crippen molar-refractivity contribution in [3.8, 4) is 0 Å². The number of nitrogens with zero attached hydrogens (tertiary/aromatic N) is 1. The highest BCUT2D eigenvalue weighted by molar-refractivity contribution is 9.10. The highest BCUT2D eigenvalue weighted by Crippen LogP contribution is 2.28. The SMILES string of the molecule is Cc1ccc([C@H](CO)N2CCNCC2)c(Br)c1. The van der Waals surface area contributed by atoms with Crippen LogP contribution in [-0.2, 0) is 0 Å². The van der Waals surface area contributed by atoms with E-state index in [2.05, 4.69) is 51.3 Å². The Labute approximate surface area is 111 Å². The van der Waals surface area contributed by atoms with Crippen molar-refractivity contribution >= 4 is 15.9 Å². The van der Waals surface area contributed by atoms with Gasteiger partial charge in [-0.1, -0.05) is 28.1 Å². The topological polar surface area (TPSA) is 35.5 Å². The molecule has 1 aromatic rings. The zero-order valence-electron chi connectivity index (χ0n) is 10.1. The van der Waals surface area contributed by atoms with Gasteiger partial charge >= 0.3 is 0 Å². The number of aliphatic hydroxyl groups is 1. The molecular weight excluding hydrogens is 280 g/mol. The second-order valence-electron chi connectivity index (χ2n) is 4.51. The van der Waals surface area contributed by atoms with Gasteiger partial charge in [0.2, 0.25) is 0 Å². The first-order valence-corrected chi connectivity index (χ1v) is 6.83. The average Bonchev–Trinajstić information content (AvgIpc) is 2.34. The molecule has 0 radical (unpaired) electrons. The van der Waals surface area contributed by atoms with Gasteiger partial charge in [-0.05, 0) is 24.1 Å². The molecule has 94 valence electrons. The van der Waals surface area contributed by atoms with E-state index in [1.165, 1.54) is 11.1 Å². The fraction of sp³-hybridized carbons (Fsp3) is 0.538. The van der Waals surface area contributed by atoms with Gasteiger partial charge in [0.15, 0.2) is 0 Å². The highest BCUT2D eigenvalue weighted by atomic mass is 79.9. The lowest BCUT2D eigenvalue weighted by molar-refractivity contribution is 0.110. The minimum atomic E-state index is 0.104. The lowest BCUT2D eigenvalue weighted by Gasteiger charge is -2.34. The first kappa shape index (κ1) is 13.0. The number of aliphatic hydroxyl groups excluding tert-OH is 1. The minimum Gasteiger partial charge on any atom is -0.394 e. The van der Waals surface area contributed by atoms with Crippen molar-refractivity contribution in [2.24, 2.45) is 0 Å². The van der Waals surface area contributed by atoms with Crippen LogP contribution in [-0.4, -0.2) is 42.8 Å². The van der Waals surface area contributed by atoms with Crippen molar-refractivity contribution in [1.29, 1.82) is 0 Å². The monoisotopic (exact) mass is 298 g/mol. The third-order valence-electron chi connectivity index (χ3n) is 3.28. The van der Waals surface area contributed by atoms with E-state index in [1.807, 2.05) is 0 Å². The van der Waals surface area contributed by atoms with Crippen molar-refractivity contribution in [3.63, 3.8) is 0 Å². The van der Waals surface area contributed by atoms with Crippen LogP contribution in [0.4, 0.5) is 0 Å². The normalized spacial score (nSPS) is 19.2. The lowest BCUT2D eigenvalue weighted by Crippen LogP contribution is -2.46. The second-order valence-corrected chi connectivity index (χ2v) is 5.36. The first-order valence-electron chi connectivity index (χ1n) is 6.04. The van der Waals surface area contributed by atoms with E-state index in [9.17, 15) is 5.11 Å². The summed E-state index contributed by atoms with van der Waals surface area (Å²) in [6, 6.07) is 6.43. The molecule has 0 unspecified atom stereocenters. The van der Waals surface area contributed by atoms with Gasteiger partial charge in [0.05, 0.1) is 12.6 Å². The van der Waals surface area contributed by atoms with E-state index in [0.717, 1.165) is 30.7 Å². The number of aryl methyl sites for hydroxylation is 1. The van der Waals surface area contributed by atoms with Gasteiger partial charge < -0.3 is 10.4 Å². The molecule has 1 aromatic carbocycles. The highest BCUT2D eigenvalue weighted by Gasteiger charge is 2.22. The number of benzene rings is 1. The van der Waals surface area contributed by atoms with E-state index >= 15 is 0 Å². The van der Waals surface area contributed by atoms with Gasteiger partial charge in [0.1, 0.15) is 0 Å². The van der Waals surface area contributed by atoms with Gasteiger partial charge in [-0.3, -0.25) is 4.90 Å². The Kier molecular flexibility index (Phi) is 4.56. The number of rotatable bonds is 3. The van der Waals surface area contributed by atoms with Gasteiger partial charge in [-0.25, -0.2) is 0 Å². The second kappa shape index (κ2) is 5.96. The molecule has 4 heteroatoms. The third-order valence-corrected chi connectivity index (χ3v) is 3.97. The van der Waals surface area contributed by atoms with E-state index in [4.69, 9.17) is 0 Å². The molecular formula is C13H19BrN2O. The number of halogens is 1. The van der Waals surface area contributed by atoms with E-state index in [-0.39, 0.29) is 12.6 Å². The molecule has 0 aliphatic carbocycles. The van der Waals surface area contributed by atoms with Gasteiger partial charge in [0, 0.05) is 30.7 Å². The van der Waals surface area contributed by atoms with Crippen molar-refractivity contribution in [1.82, 2.24) is 10.2 Å². The molecule has 1 atom stereocenters. The number of hydrogen-bond donors (Lipinski definition) is 2. The molecule has 2 N–H and O–H groups in total. The summed E-state index contributed by atoms with van der Waals surface area (Å²) < 4.78 is 1.09. The quantitative estimate of drug-likeness (QED) is 0.892. The van der Waals surface area contributed by atoms with E-state index < -0.39 is 0 Å². The summed E-state index contributed by atoms with van der Waals surface area (Å²) in [7, 11) is 0. The average molecular weight is 299 g/mol. The van der Waals surface area contributed by atoms with Crippen molar-refractivity contribution in [3.05, 3.63) is 33.8 Å². The minimum absolute atomic E-state index is 0.104. The Morgan fingerprint density at radius 1 is 1.41 bits per heavy atom. The molecule has 0 amide bonds. The molecule has 0 spiro atoms. The summed E-state index contributed by atoms with van der Waals surface area (Å²) in [6.07, 6.45) is 0. The molecule has 17 heavy (non-hydrogen) atoms. The van der Waals surface area contributed by atoms with Crippen molar-refractivity contribution in [2.75, 3.05) is 32.8 Å². The standard InChI is InChI=1S/C13H19BrN2O/c1-10-2-3-11(12(14)8-10)13(9-17)16-6-4-15-5-7-16/h2-3,8,13,15,17H,4-7,9H2,1H3/t13-/m0/s1. The fourth-order valence-corrected chi connectivity index (χ4v) is 3.06. The fourth-order valence-electron chi connectivity index (χ4n) is 2.31. The molecule has 2 rings (SSSR count). The number of nitrogens with one attached hydrogen (secondary N) is 1. The Morgan fingerprint density at radius 3 is 2.71 bits per heavy atom. The Morgan fingerprint density at radius 2 is 2.12 bits per heavy atom. The van der Waals surface area contributed by atoms with Crippen LogP contribution in [0.15, 0.2) is 22.7 Å². The Hall–Kier alpha value is -0.420. The maximum atomic E-state index is 9.64. The van der Waals surface area contributed by atoms with Crippen LogP contribution in [0.3, 0.4) is 0 Å².